The Morgan fingerprint density at radius 1 is 1.13 bits per heavy atom. The number of fused-ring (bicyclic) bond motifs is 1. The SMILES string of the molecule is C#Cc1c(F)ccc2cc(OC(=O)N3CCC(N4CCCCC4)CC3)cc(C(C)C)c12. The van der Waals surface area contributed by atoms with Gasteiger partial charge in [-0.25, -0.2) is 9.18 Å². The first-order valence-electron chi connectivity index (χ1n) is 11.4. The monoisotopic (exact) mass is 422 g/mol. The van der Waals surface area contributed by atoms with Crippen molar-refractivity contribution < 1.29 is 13.9 Å². The Hall–Kier alpha value is -2.58. The van der Waals surface area contributed by atoms with Gasteiger partial charge in [0.25, 0.3) is 0 Å². The smallest absolute Gasteiger partial charge is 0.410 e. The fraction of sp³-hybridized carbons (Fsp3) is 0.500. The quantitative estimate of drug-likeness (QED) is 0.610. The van der Waals surface area contributed by atoms with Gasteiger partial charge >= 0.3 is 6.09 Å². The summed E-state index contributed by atoms with van der Waals surface area (Å²) in [6, 6.07) is 7.25. The molecule has 2 heterocycles. The highest BCUT2D eigenvalue weighted by Crippen LogP contribution is 2.34. The van der Waals surface area contributed by atoms with Crippen LogP contribution in [0.4, 0.5) is 9.18 Å². The van der Waals surface area contributed by atoms with Crippen LogP contribution < -0.4 is 4.74 Å². The third-order valence-electron chi connectivity index (χ3n) is 6.67. The predicted octanol–water partition coefficient (Wildman–Crippen LogP) is 5.53. The van der Waals surface area contributed by atoms with Crippen LogP contribution in [-0.2, 0) is 0 Å². The van der Waals surface area contributed by atoms with Crippen LogP contribution in [-0.4, -0.2) is 48.1 Å². The summed E-state index contributed by atoms with van der Waals surface area (Å²) in [5.74, 6) is 2.66. The van der Waals surface area contributed by atoms with E-state index in [1.165, 1.54) is 38.4 Å². The van der Waals surface area contributed by atoms with Crippen LogP contribution >= 0.6 is 0 Å². The Bertz CT molecular complexity index is 997. The van der Waals surface area contributed by atoms with E-state index < -0.39 is 5.82 Å². The van der Waals surface area contributed by atoms with Gasteiger partial charge in [-0.15, -0.1) is 6.42 Å². The molecule has 4 nitrogen and oxygen atoms in total. The van der Waals surface area contributed by atoms with Crippen molar-refractivity contribution in [3.63, 3.8) is 0 Å². The fourth-order valence-corrected chi connectivity index (χ4v) is 4.96. The molecule has 2 aliphatic heterocycles. The van der Waals surface area contributed by atoms with E-state index in [0.717, 1.165) is 42.3 Å². The zero-order chi connectivity index (χ0) is 22.0. The Labute approximate surface area is 184 Å². The van der Waals surface area contributed by atoms with E-state index >= 15 is 0 Å². The largest absolute Gasteiger partial charge is 0.415 e. The van der Waals surface area contributed by atoms with E-state index in [1.807, 2.05) is 19.9 Å². The number of rotatable bonds is 3. The highest BCUT2D eigenvalue weighted by molar-refractivity contribution is 5.93. The molecule has 2 aromatic rings. The molecule has 0 spiro atoms. The summed E-state index contributed by atoms with van der Waals surface area (Å²) in [6.07, 6.45) is 11.2. The van der Waals surface area contributed by atoms with E-state index in [0.29, 0.717) is 11.8 Å². The van der Waals surface area contributed by atoms with Crippen LogP contribution in [0.5, 0.6) is 5.75 Å². The minimum Gasteiger partial charge on any atom is -0.410 e. The average molecular weight is 423 g/mol. The Kier molecular flexibility index (Phi) is 6.48. The lowest BCUT2D eigenvalue weighted by molar-refractivity contribution is 0.0878. The second-order valence-electron chi connectivity index (χ2n) is 9.01. The molecular formula is C26H31FN2O2. The molecule has 0 unspecified atom stereocenters. The van der Waals surface area contributed by atoms with Crippen LogP contribution in [0.2, 0.25) is 0 Å². The molecular weight excluding hydrogens is 391 g/mol. The molecule has 0 saturated carbocycles. The summed E-state index contributed by atoms with van der Waals surface area (Å²) in [7, 11) is 0. The zero-order valence-electron chi connectivity index (χ0n) is 18.5. The molecule has 164 valence electrons. The molecule has 0 atom stereocenters. The third kappa shape index (κ3) is 4.55. The number of terminal acetylenes is 1. The van der Waals surface area contributed by atoms with Crippen molar-refractivity contribution in [2.24, 2.45) is 0 Å². The summed E-state index contributed by atoms with van der Waals surface area (Å²) in [4.78, 5) is 17.2. The predicted molar refractivity (Wildman–Crippen MR) is 122 cm³/mol. The van der Waals surface area contributed by atoms with Gasteiger partial charge in [-0.3, -0.25) is 0 Å². The highest BCUT2D eigenvalue weighted by atomic mass is 19.1. The molecule has 0 radical (unpaired) electrons. The van der Waals surface area contributed by atoms with Crippen LogP contribution in [0.1, 0.15) is 63.0 Å². The fourth-order valence-electron chi connectivity index (χ4n) is 4.96. The first-order chi connectivity index (χ1) is 15.0. The summed E-state index contributed by atoms with van der Waals surface area (Å²) < 4.78 is 20.0. The summed E-state index contributed by atoms with van der Waals surface area (Å²) in [5.41, 5.74) is 1.15. The summed E-state index contributed by atoms with van der Waals surface area (Å²) >= 11 is 0. The Balaban J connectivity index is 1.49. The van der Waals surface area contributed by atoms with Crippen molar-refractivity contribution in [1.29, 1.82) is 0 Å². The van der Waals surface area contributed by atoms with Crippen molar-refractivity contribution in [3.8, 4) is 18.1 Å². The molecule has 0 aliphatic carbocycles. The topological polar surface area (TPSA) is 32.8 Å². The number of nitrogens with zero attached hydrogens (tertiary/aromatic N) is 2. The maximum Gasteiger partial charge on any atom is 0.415 e. The van der Waals surface area contributed by atoms with E-state index in [-0.39, 0.29) is 17.6 Å². The van der Waals surface area contributed by atoms with Gasteiger partial charge in [0.15, 0.2) is 0 Å². The lowest BCUT2D eigenvalue weighted by atomic mass is 9.92. The number of amides is 1. The first-order valence-corrected chi connectivity index (χ1v) is 11.4. The van der Waals surface area contributed by atoms with E-state index in [4.69, 9.17) is 11.2 Å². The van der Waals surface area contributed by atoms with Gasteiger partial charge in [0, 0.05) is 24.5 Å². The van der Waals surface area contributed by atoms with Crippen molar-refractivity contribution in [2.75, 3.05) is 26.2 Å². The summed E-state index contributed by atoms with van der Waals surface area (Å²) in [5, 5.41) is 1.51. The van der Waals surface area contributed by atoms with Gasteiger partial charge in [0.05, 0.1) is 5.56 Å². The van der Waals surface area contributed by atoms with E-state index in [9.17, 15) is 9.18 Å². The second kappa shape index (κ2) is 9.28. The first kappa shape index (κ1) is 21.6. The summed E-state index contributed by atoms with van der Waals surface area (Å²) in [6.45, 7) is 7.86. The van der Waals surface area contributed by atoms with Crippen molar-refractivity contribution >= 4 is 16.9 Å². The van der Waals surface area contributed by atoms with Gasteiger partial charge in [0.1, 0.15) is 11.6 Å². The molecule has 5 heteroatoms. The minimum absolute atomic E-state index is 0.107. The minimum atomic E-state index is -0.404. The van der Waals surface area contributed by atoms with Crippen molar-refractivity contribution in [2.45, 2.75) is 57.9 Å². The molecule has 2 saturated heterocycles. The molecule has 2 aromatic carbocycles. The number of hydrogen-bond acceptors (Lipinski definition) is 3. The molecule has 2 fully saturated rings. The number of carbonyl (C=O) groups is 1. The molecule has 31 heavy (non-hydrogen) atoms. The average Bonchev–Trinajstić information content (AvgIpc) is 2.79. The zero-order valence-corrected chi connectivity index (χ0v) is 18.5. The number of ether oxygens (including phenoxy) is 1. The molecule has 0 aromatic heterocycles. The van der Waals surface area contributed by atoms with Crippen molar-refractivity contribution in [1.82, 2.24) is 9.80 Å². The normalized spacial score (nSPS) is 18.4. The number of piperidine rings is 2. The molecule has 0 N–H and O–H groups in total. The van der Waals surface area contributed by atoms with Gasteiger partial charge in [-0.2, -0.15) is 0 Å². The molecule has 4 rings (SSSR count). The third-order valence-corrected chi connectivity index (χ3v) is 6.67. The Morgan fingerprint density at radius 2 is 1.84 bits per heavy atom. The van der Waals surface area contributed by atoms with Gasteiger partial charge in [-0.1, -0.05) is 32.3 Å². The maximum atomic E-state index is 14.2. The van der Waals surface area contributed by atoms with E-state index in [2.05, 4.69) is 10.8 Å². The highest BCUT2D eigenvalue weighted by Gasteiger charge is 2.28. The standard InChI is InChI=1S/C26H31FN2O2/c1-4-22-24(27)9-8-19-16-21(17-23(18(2)3)25(19)22)31-26(30)29-14-10-20(11-15-29)28-12-6-5-7-13-28/h1,8-9,16-18,20H,5-7,10-15H2,2-3H3. The number of benzene rings is 2. The van der Waals surface area contributed by atoms with Crippen LogP contribution in [0.15, 0.2) is 24.3 Å². The van der Waals surface area contributed by atoms with Gasteiger partial charge in [0.2, 0.25) is 0 Å². The lowest BCUT2D eigenvalue weighted by Gasteiger charge is -2.39. The number of likely N-dealkylation sites (tertiary alicyclic amines) is 2. The molecule has 0 bridgehead atoms. The lowest BCUT2D eigenvalue weighted by Crippen LogP contribution is -2.48. The molecule has 1 amide bonds. The number of halogens is 1. The maximum absolute atomic E-state index is 14.2. The van der Waals surface area contributed by atoms with Crippen LogP contribution in [0, 0.1) is 18.2 Å². The number of carbonyl (C=O) groups excluding carboxylic acids is 1. The van der Waals surface area contributed by atoms with E-state index in [1.54, 1.807) is 17.0 Å². The Morgan fingerprint density at radius 3 is 2.48 bits per heavy atom. The van der Waals surface area contributed by atoms with Gasteiger partial charge in [-0.05, 0) is 73.8 Å². The van der Waals surface area contributed by atoms with Crippen molar-refractivity contribution in [3.05, 3.63) is 41.2 Å². The second-order valence-corrected chi connectivity index (χ2v) is 9.01. The number of hydrogen-bond donors (Lipinski definition) is 0. The van der Waals surface area contributed by atoms with Crippen LogP contribution in [0.3, 0.4) is 0 Å². The van der Waals surface area contributed by atoms with Crippen LogP contribution in [0.25, 0.3) is 10.8 Å². The van der Waals surface area contributed by atoms with Gasteiger partial charge < -0.3 is 14.5 Å². The molecule has 2 aliphatic rings.